The van der Waals surface area contributed by atoms with Crippen LogP contribution in [0.25, 0.3) is 0 Å². The van der Waals surface area contributed by atoms with Crippen molar-refractivity contribution in [3.63, 3.8) is 0 Å². The van der Waals surface area contributed by atoms with E-state index in [0.29, 0.717) is 5.41 Å². The highest BCUT2D eigenvalue weighted by atomic mass is 14.6. The highest BCUT2D eigenvalue weighted by Crippen LogP contribution is 2.70. The summed E-state index contributed by atoms with van der Waals surface area (Å²) in [5.41, 5.74) is 2.39. The van der Waals surface area contributed by atoms with E-state index >= 15 is 0 Å². The van der Waals surface area contributed by atoms with Crippen LogP contribution in [-0.2, 0) is 0 Å². The first-order valence-electron chi connectivity index (χ1n) is 35.2. The van der Waals surface area contributed by atoms with Crippen molar-refractivity contribution in [2.45, 2.75) is 379 Å². The van der Waals surface area contributed by atoms with Gasteiger partial charge in [0.1, 0.15) is 0 Å². The zero-order chi connectivity index (χ0) is 57.8. The number of hydrogen-bond donors (Lipinski definition) is 0. The summed E-state index contributed by atoms with van der Waals surface area (Å²) < 4.78 is 0. The van der Waals surface area contributed by atoms with E-state index in [-0.39, 0.29) is 0 Å². The van der Waals surface area contributed by atoms with Crippen LogP contribution in [0.4, 0.5) is 0 Å². The van der Waals surface area contributed by atoms with E-state index in [4.69, 9.17) is 0 Å². The van der Waals surface area contributed by atoms with Gasteiger partial charge in [-0.15, -0.1) is 0 Å². The fourth-order valence-corrected chi connectivity index (χ4v) is 11.1. The minimum atomic E-state index is 0.708. The molecule has 0 amide bonds. The lowest BCUT2D eigenvalue weighted by Gasteiger charge is -2.33. The maximum atomic E-state index is 2.37. The third-order valence-corrected chi connectivity index (χ3v) is 21.3. The summed E-state index contributed by atoms with van der Waals surface area (Å²) in [4.78, 5) is 0. The third-order valence-electron chi connectivity index (χ3n) is 21.3. The van der Waals surface area contributed by atoms with E-state index in [0.717, 1.165) is 99.6 Å². The molecular formula is C75H154. The second kappa shape index (κ2) is 43.7. The molecule has 0 aromatic rings. The first kappa shape index (κ1) is 77.1. The smallest absolute Gasteiger partial charge is 0.0268 e. The van der Waals surface area contributed by atoms with Gasteiger partial charge in [-0.25, -0.2) is 0 Å². The standard InChI is InChI=1S/3C7H16.C6H10.8C6H12/c1-4-5-6-7(2)3;1-4-6-7(3)5-2;1-3-5-7-6-4-2;1-5-4-6(5)2-3-6;1-5-4-6(5,2)3;1-5-3-6(2)4-5;1-6(2)4-3-5-6;1-5-3-4-6(5)2;1-4-5(2)6(4)3;1-6-4-2-3-5-6;1-3-6-4-5(6)2;1-2-6-4-3-5-6/h2*7H,4-6H2,1-3H3;3-7H2,1-2H3;5H,2-4H2,1H3;5H,4H2,1-3H3;5-6H,3-4H2,1-2H3;3-5H2,1-2H3;5-6H,3-4H2,1-2H3;4-6H,1-3H3;6H,2-5H2,1H3;5-6H,3-4H2,1-2H3;6H,2-5H2,1H3/t;;;5-;;;;5-,6?;;;;/m...0...1..../s1. The molecule has 0 N–H and O–H groups in total. The van der Waals surface area contributed by atoms with Gasteiger partial charge in [0.15, 0.2) is 0 Å². The molecule has 0 nitrogen and oxygen atoms in total. The van der Waals surface area contributed by atoms with Gasteiger partial charge in [-0.05, 0) is 163 Å². The highest BCUT2D eigenvalue weighted by Gasteiger charge is 2.59. The van der Waals surface area contributed by atoms with Gasteiger partial charge in [0.05, 0.1) is 0 Å². The van der Waals surface area contributed by atoms with Crippen LogP contribution in [0.1, 0.15) is 379 Å². The molecule has 10 aliphatic rings. The second-order valence-electron chi connectivity index (χ2n) is 30.7. The number of hydrogen-bond acceptors (Lipinski definition) is 0. The monoisotopic (exact) mass is 1060 g/mol. The molecule has 454 valence electrons. The van der Waals surface area contributed by atoms with Crippen molar-refractivity contribution >= 4 is 0 Å². The first-order chi connectivity index (χ1) is 35.2. The summed E-state index contributed by atoms with van der Waals surface area (Å²) in [6.07, 6.45) is 46.4. The van der Waals surface area contributed by atoms with E-state index in [1.54, 1.807) is 19.3 Å². The van der Waals surface area contributed by atoms with Crippen LogP contribution in [-0.4, -0.2) is 0 Å². The maximum absolute atomic E-state index is 2.37. The molecule has 0 saturated heterocycles. The summed E-state index contributed by atoms with van der Waals surface area (Å²) in [7, 11) is 0. The van der Waals surface area contributed by atoms with Crippen LogP contribution >= 0.6 is 0 Å². The molecule has 5 unspecified atom stereocenters. The van der Waals surface area contributed by atoms with Crippen LogP contribution in [0.3, 0.4) is 0 Å². The summed E-state index contributed by atoms with van der Waals surface area (Å²) in [5.74, 6) is 15.5. The highest BCUT2D eigenvalue weighted by molar-refractivity contribution is 5.10. The van der Waals surface area contributed by atoms with Crippen LogP contribution in [0.5, 0.6) is 0 Å². The summed E-state index contributed by atoms with van der Waals surface area (Å²) in [6.45, 7) is 57.5. The molecule has 7 atom stereocenters. The predicted molar refractivity (Wildman–Crippen MR) is 349 cm³/mol. The molecule has 0 aliphatic heterocycles. The molecule has 0 bridgehead atoms. The molecular weight excluding hydrogens is 901 g/mol. The van der Waals surface area contributed by atoms with E-state index in [1.165, 1.54) is 186 Å². The topological polar surface area (TPSA) is 0 Å². The SMILES string of the molecule is CC1(C)CCC1.CC1C(C)C1C.CC1CC(C)C1.CC1CC1(C)C.CC1CCCC1.CC1CC[C@H]1C.CCC1CC1C.CCC1CCC1.CCCC(C)CC.CCCCC(C)C.CCCCCCC.C[C@H]1CC12CC2. The zero-order valence-corrected chi connectivity index (χ0v) is 57.8. The molecule has 10 rings (SSSR count). The van der Waals surface area contributed by atoms with Crippen molar-refractivity contribution in [1.82, 2.24) is 0 Å². The van der Waals surface area contributed by atoms with Crippen LogP contribution in [0, 0.1) is 105 Å². The Balaban J connectivity index is 0. The molecule has 0 heterocycles. The van der Waals surface area contributed by atoms with Crippen molar-refractivity contribution in [1.29, 1.82) is 0 Å². The van der Waals surface area contributed by atoms with Gasteiger partial charge in [0.2, 0.25) is 0 Å². The molecule has 0 radical (unpaired) electrons. The lowest BCUT2D eigenvalue weighted by atomic mass is 9.72. The zero-order valence-electron chi connectivity index (χ0n) is 57.8. The second-order valence-corrected chi connectivity index (χ2v) is 30.7. The third kappa shape index (κ3) is 43.4. The van der Waals surface area contributed by atoms with E-state index < -0.39 is 0 Å². The first-order valence-corrected chi connectivity index (χ1v) is 35.2. The van der Waals surface area contributed by atoms with Crippen LogP contribution in [0.15, 0.2) is 0 Å². The van der Waals surface area contributed by atoms with Crippen molar-refractivity contribution in [3.8, 4) is 0 Å². The predicted octanol–water partition coefficient (Wildman–Crippen LogP) is 27.2. The number of unbranched alkanes of at least 4 members (excludes halogenated alkanes) is 5. The quantitative estimate of drug-likeness (QED) is 0.171. The van der Waals surface area contributed by atoms with Crippen molar-refractivity contribution in [3.05, 3.63) is 0 Å². The Labute approximate surface area is 481 Å². The fourth-order valence-electron chi connectivity index (χ4n) is 11.1. The molecule has 1 spiro atoms. The Morgan fingerprint density at radius 1 is 0.413 bits per heavy atom. The van der Waals surface area contributed by atoms with Crippen molar-refractivity contribution < 1.29 is 0 Å². The van der Waals surface area contributed by atoms with E-state index in [1.807, 2.05) is 0 Å². The normalized spacial score (nSPS) is 31.4. The van der Waals surface area contributed by atoms with Gasteiger partial charge in [0, 0.05) is 0 Å². The Hall–Kier alpha value is 0. The van der Waals surface area contributed by atoms with Crippen molar-refractivity contribution in [2.75, 3.05) is 0 Å². The minimum absolute atomic E-state index is 0.708. The van der Waals surface area contributed by atoms with Gasteiger partial charge < -0.3 is 0 Å². The number of rotatable bonds is 12. The lowest BCUT2D eigenvalue weighted by Crippen LogP contribution is -2.20. The van der Waals surface area contributed by atoms with Gasteiger partial charge in [-0.3, -0.25) is 0 Å². The molecule has 0 heteroatoms. The molecule has 10 fully saturated rings. The minimum Gasteiger partial charge on any atom is -0.0654 e. The summed E-state index contributed by atoms with van der Waals surface area (Å²) >= 11 is 0. The van der Waals surface area contributed by atoms with Crippen LogP contribution in [0.2, 0.25) is 0 Å². The Kier molecular flexibility index (Phi) is 44.9. The molecule has 10 saturated carbocycles. The largest absolute Gasteiger partial charge is 0.0654 e. The molecule has 10 aliphatic carbocycles. The van der Waals surface area contributed by atoms with Crippen molar-refractivity contribution in [2.24, 2.45) is 105 Å². The van der Waals surface area contributed by atoms with Crippen LogP contribution < -0.4 is 0 Å². The average Bonchev–Trinajstić information content (AvgIpc) is 4.30. The summed E-state index contributed by atoms with van der Waals surface area (Å²) in [6, 6.07) is 0. The van der Waals surface area contributed by atoms with Gasteiger partial charge in [-0.1, -0.05) is 321 Å². The molecule has 75 heavy (non-hydrogen) atoms. The Bertz CT molecular complexity index is 1130. The Morgan fingerprint density at radius 2 is 0.827 bits per heavy atom. The fraction of sp³-hybridized carbons (Fsp3) is 1.00. The molecule has 0 aromatic carbocycles. The average molecular weight is 1060 g/mol. The molecule has 0 aromatic heterocycles. The Morgan fingerprint density at radius 3 is 0.893 bits per heavy atom. The van der Waals surface area contributed by atoms with Gasteiger partial charge in [-0.2, -0.15) is 0 Å². The van der Waals surface area contributed by atoms with Gasteiger partial charge in [0.25, 0.3) is 0 Å². The maximum Gasteiger partial charge on any atom is -0.0268 e. The lowest BCUT2D eigenvalue weighted by molar-refractivity contribution is 0.190. The van der Waals surface area contributed by atoms with Gasteiger partial charge >= 0.3 is 0 Å². The summed E-state index contributed by atoms with van der Waals surface area (Å²) in [5, 5.41) is 0. The van der Waals surface area contributed by atoms with E-state index in [9.17, 15) is 0 Å². The van der Waals surface area contributed by atoms with E-state index in [2.05, 4.69) is 173 Å².